The van der Waals surface area contributed by atoms with Crippen molar-refractivity contribution >= 4 is 0 Å². The molecule has 0 saturated heterocycles. The van der Waals surface area contributed by atoms with Gasteiger partial charge in [-0.15, -0.1) is 0 Å². The third kappa shape index (κ3) is 2.30. The van der Waals surface area contributed by atoms with Gasteiger partial charge >= 0.3 is 0 Å². The Morgan fingerprint density at radius 1 is 1.58 bits per heavy atom. The Kier molecular flexibility index (Phi) is 3.22. The van der Waals surface area contributed by atoms with Gasteiger partial charge in [0, 0.05) is 13.0 Å². The van der Waals surface area contributed by atoms with Crippen LogP contribution in [0.15, 0.2) is 6.33 Å². The molecule has 1 aromatic heterocycles. The molecular formula is C8H16N4. The largest absolute Gasteiger partial charge is 0.330 e. The minimum Gasteiger partial charge on any atom is -0.330 e. The zero-order valence-electron chi connectivity index (χ0n) is 7.70. The van der Waals surface area contributed by atoms with Gasteiger partial charge < -0.3 is 5.73 Å². The van der Waals surface area contributed by atoms with Gasteiger partial charge in [-0.05, 0) is 12.5 Å². The number of rotatable bonds is 4. The first-order chi connectivity index (χ1) is 5.74. The predicted octanol–water partition coefficient (Wildman–Crippen LogP) is 0.435. The van der Waals surface area contributed by atoms with Crippen LogP contribution in [0.1, 0.15) is 19.7 Å². The summed E-state index contributed by atoms with van der Waals surface area (Å²) in [5.74, 6) is 1.59. The Morgan fingerprint density at radius 3 is 2.92 bits per heavy atom. The van der Waals surface area contributed by atoms with Crippen LogP contribution >= 0.6 is 0 Å². The number of hydrogen-bond acceptors (Lipinski definition) is 3. The fourth-order valence-corrected chi connectivity index (χ4v) is 1.11. The second kappa shape index (κ2) is 4.21. The molecule has 12 heavy (non-hydrogen) atoms. The molecule has 0 radical (unpaired) electrons. The normalized spacial score (nSPS) is 11.0. The summed E-state index contributed by atoms with van der Waals surface area (Å²) >= 11 is 0. The van der Waals surface area contributed by atoms with Crippen molar-refractivity contribution in [1.29, 1.82) is 0 Å². The fraction of sp³-hybridized carbons (Fsp3) is 0.750. The molecule has 0 bridgehead atoms. The van der Waals surface area contributed by atoms with Crippen molar-refractivity contribution < 1.29 is 0 Å². The molecule has 1 aromatic rings. The van der Waals surface area contributed by atoms with Crippen molar-refractivity contribution in [3.8, 4) is 0 Å². The lowest BCUT2D eigenvalue weighted by molar-refractivity contribution is 0.466. The topological polar surface area (TPSA) is 56.7 Å². The fourth-order valence-electron chi connectivity index (χ4n) is 1.11. The number of hydrogen-bond donors (Lipinski definition) is 1. The van der Waals surface area contributed by atoms with Crippen molar-refractivity contribution in [1.82, 2.24) is 14.8 Å². The molecule has 0 saturated carbocycles. The summed E-state index contributed by atoms with van der Waals surface area (Å²) in [5.41, 5.74) is 5.44. The molecule has 0 aliphatic carbocycles. The molecule has 0 aliphatic rings. The van der Waals surface area contributed by atoms with Crippen molar-refractivity contribution in [2.45, 2.75) is 26.8 Å². The summed E-state index contributed by atoms with van der Waals surface area (Å²) in [5, 5.41) is 4.12. The average molecular weight is 168 g/mol. The quantitative estimate of drug-likeness (QED) is 0.709. The predicted molar refractivity (Wildman–Crippen MR) is 47.6 cm³/mol. The molecular weight excluding hydrogens is 152 g/mol. The summed E-state index contributed by atoms with van der Waals surface area (Å²) in [6, 6.07) is 0. The maximum absolute atomic E-state index is 5.44. The van der Waals surface area contributed by atoms with E-state index in [1.54, 1.807) is 6.33 Å². The van der Waals surface area contributed by atoms with Crippen LogP contribution in [0, 0.1) is 5.92 Å². The third-order valence-corrected chi connectivity index (χ3v) is 1.60. The molecule has 0 aromatic carbocycles. The van der Waals surface area contributed by atoms with E-state index >= 15 is 0 Å². The van der Waals surface area contributed by atoms with Gasteiger partial charge in [0.2, 0.25) is 0 Å². The van der Waals surface area contributed by atoms with Crippen LogP contribution in [-0.2, 0) is 13.0 Å². The van der Waals surface area contributed by atoms with Crippen LogP contribution in [0.2, 0.25) is 0 Å². The van der Waals surface area contributed by atoms with Gasteiger partial charge in [0.05, 0.1) is 0 Å². The summed E-state index contributed by atoms with van der Waals surface area (Å²) in [7, 11) is 0. The van der Waals surface area contributed by atoms with Gasteiger partial charge in [-0.2, -0.15) is 5.10 Å². The van der Waals surface area contributed by atoms with Crippen LogP contribution in [0.25, 0.3) is 0 Å². The van der Waals surface area contributed by atoms with E-state index in [9.17, 15) is 0 Å². The monoisotopic (exact) mass is 168 g/mol. The van der Waals surface area contributed by atoms with E-state index in [4.69, 9.17) is 5.73 Å². The molecule has 2 N–H and O–H groups in total. The number of nitrogens with zero attached hydrogens (tertiary/aromatic N) is 3. The van der Waals surface area contributed by atoms with Crippen LogP contribution in [0.3, 0.4) is 0 Å². The maximum atomic E-state index is 5.44. The number of aromatic nitrogens is 3. The lowest BCUT2D eigenvalue weighted by atomic mass is 10.2. The average Bonchev–Trinajstić information content (AvgIpc) is 2.37. The van der Waals surface area contributed by atoms with Gasteiger partial charge in [0.25, 0.3) is 0 Å². The van der Waals surface area contributed by atoms with Gasteiger partial charge in [-0.3, -0.25) is 0 Å². The van der Waals surface area contributed by atoms with E-state index in [-0.39, 0.29) is 0 Å². The van der Waals surface area contributed by atoms with Crippen LogP contribution in [-0.4, -0.2) is 21.3 Å². The first kappa shape index (κ1) is 9.19. The lowest BCUT2D eigenvalue weighted by Gasteiger charge is -2.06. The van der Waals surface area contributed by atoms with Crippen molar-refractivity contribution in [2.75, 3.05) is 6.54 Å². The van der Waals surface area contributed by atoms with Crippen LogP contribution < -0.4 is 5.73 Å². The zero-order valence-corrected chi connectivity index (χ0v) is 7.70. The van der Waals surface area contributed by atoms with E-state index in [1.807, 2.05) is 4.68 Å². The maximum Gasteiger partial charge on any atom is 0.138 e. The third-order valence-electron chi connectivity index (χ3n) is 1.60. The summed E-state index contributed by atoms with van der Waals surface area (Å²) in [4.78, 5) is 4.13. The SMILES string of the molecule is CC(C)Cn1ncnc1CCN. The molecule has 4 heteroatoms. The molecule has 0 atom stereocenters. The Morgan fingerprint density at radius 2 is 2.33 bits per heavy atom. The first-order valence-electron chi connectivity index (χ1n) is 4.30. The lowest BCUT2D eigenvalue weighted by Crippen LogP contribution is -2.13. The summed E-state index contributed by atoms with van der Waals surface area (Å²) in [6.45, 7) is 5.88. The molecule has 1 heterocycles. The second-order valence-electron chi connectivity index (χ2n) is 3.29. The molecule has 0 spiro atoms. The summed E-state index contributed by atoms with van der Waals surface area (Å²) < 4.78 is 1.93. The van der Waals surface area contributed by atoms with Gasteiger partial charge in [-0.25, -0.2) is 9.67 Å². The highest BCUT2D eigenvalue weighted by atomic mass is 15.3. The second-order valence-corrected chi connectivity index (χ2v) is 3.29. The van der Waals surface area contributed by atoms with Gasteiger partial charge in [0.15, 0.2) is 0 Å². The minimum atomic E-state index is 0.600. The number of nitrogens with two attached hydrogens (primary N) is 1. The molecule has 1 rings (SSSR count). The smallest absolute Gasteiger partial charge is 0.138 e. The van der Waals surface area contributed by atoms with Gasteiger partial charge in [-0.1, -0.05) is 13.8 Å². The van der Waals surface area contributed by atoms with Crippen LogP contribution in [0.5, 0.6) is 0 Å². The van der Waals surface area contributed by atoms with Gasteiger partial charge in [0.1, 0.15) is 12.2 Å². The highest BCUT2D eigenvalue weighted by Gasteiger charge is 2.03. The van der Waals surface area contributed by atoms with Crippen molar-refractivity contribution in [3.05, 3.63) is 12.2 Å². The Hall–Kier alpha value is -0.900. The molecule has 0 fully saturated rings. The standard InChI is InChI=1S/C8H16N4/c1-7(2)5-12-8(3-4-9)10-6-11-12/h6-7H,3-5,9H2,1-2H3. The van der Waals surface area contributed by atoms with Crippen molar-refractivity contribution in [2.24, 2.45) is 11.7 Å². The van der Waals surface area contributed by atoms with E-state index in [0.717, 1.165) is 18.8 Å². The molecule has 0 amide bonds. The van der Waals surface area contributed by atoms with Crippen molar-refractivity contribution in [3.63, 3.8) is 0 Å². The summed E-state index contributed by atoms with van der Waals surface area (Å²) in [6.07, 6.45) is 2.40. The Balaban J connectivity index is 2.63. The Bertz CT molecular complexity index is 229. The zero-order chi connectivity index (χ0) is 8.97. The highest BCUT2D eigenvalue weighted by molar-refractivity contribution is 4.85. The molecule has 4 nitrogen and oxygen atoms in total. The van der Waals surface area contributed by atoms with E-state index < -0.39 is 0 Å². The van der Waals surface area contributed by atoms with E-state index in [2.05, 4.69) is 23.9 Å². The van der Waals surface area contributed by atoms with Crippen LogP contribution in [0.4, 0.5) is 0 Å². The van der Waals surface area contributed by atoms with E-state index in [1.165, 1.54) is 0 Å². The first-order valence-corrected chi connectivity index (χ1v) is 4.30. The Labute approximate surface area is 72.8 Å². The molecule has 0 unspecified atom stereocenters. The minimum absolute atomic E-state index is 0.600. The van der Waals surface area contributed by atoms with E-state index in [0.29, 0.717) is 12.5 Å². The molecule has 0 aliphatic heterocycles. The highest BCUT2D eigenvalue weighted by Crippen LogP contribution is 2.00. The molecule has 68 valence electrons.